The first-order valence-electron chi connectivity index (χ1n) is 10.8. The Kier molecular flexibility index (Phi) is 7.27. The van der Waals surface area contributed by atoms with E-state index in [1.54, 1.807) is 0 Å². The molecule has 5 heteroatoms. The molecule has 4 aromatic carbocycles. The predicted octanol–water partition coefficient (Wildman–Crippen LogP) is 6.78. The number of carbonyl (C=O) groups excluding carboxylic acids is 1. The topological polar surface area (TPSA) is 41.1 Å². The summed E-state index contributed by atoms with van der Waals surface area (Å²) in [4.78, 5) is 12.6. The molecule has 4 rings (SSSR count). The van der Waals surface area contributed by atoms with Crippen LogP contribution in [0, 0.1) is 20.8 Å². The van der Waals surface area contributed by atoms with Gasteiger partial charge < -0.3 is 10.6 Å². The Morgan fingerprint density at radius 1 is 0.697 bits per heavy atom. The van der Waals surface area contributed by atoms with Crippen molar-refractivity contribution in [1.29, 1.82) is 0 Å². The van der Waals surface area contributed by atoms with Crippen LogP contribution < -0.4 is 26.5 Å². The second-order valence-corrected chi connectivity index (χ2v) is 11.1. The van der Waals surface area contributed by atoms with Crippen LogP contribution >= 0.6 is 23.9 Å². The number of hydrogen-bond donors (Lipinski definition) is 2. The first-order valence-corrected chi connectivity index (χ1v) is 12.9. The predicted molar refractivity (Wildman–Crippen MR) is 146 cm³/mol. The molecule has 2 amide bonds. The highest BCUT2D eigenvalue weighted by atomic mass is 79.9. The minimum atomic E-state index is -0.770. The molecule has 0 saturated heterocycles. The van der Waals surface area contributed by atoms with E-state index < -0.39 is 7.92 Å². The molecule has 33 heavy (non-hydrogen) atoms. The third kappa shape index (κ3) is 5.71. The third-order valence-electron chi connectivity index (χ3n) is 5.34. The van der Waals surface area contributed by atoms with Gasteiger partial charge in [-0.2, -0.15) is 0 Å². The molecule has 3 nitrogen and oxygen atoms in total. The number of benzene rings is 4. The van der Waals surface area contributed by atoms with Gasteiger partial charge in [0.2, 0.25) is 0 Å². The summed E-state index contributed by atoms with van der Waals surface area (Å²) in [5.41, 5.74) is 5.39. The zero-order valence-electron chi connectivity index (χ0n) is 18.9. The highest BCUT2D eigenvalue weighted by molar-refractivity contribution is 9.10. The monoisotopic (exact) mass is 516 g/mol. The van der Waals surface area contributed by atoms with Crippen molar-refractivity contribution in [3.05, 3.63) is 112 Å². The van der Waals surface area contributed by atoms with Crippen molar-refractivity contribution in [3.8, 4) is 0 Å². The number of aryl methyl sites for hydroxylation is 3. The Morgan fingerprint density at radius 3 is 1.97 bits per heavy atom. The molecule has 0 fully saturated rings. The van der Waals surface area contributed by atoms with Crippen LogP contribution in [-0.4, -0.2) is 6.03 Å². The van der Waals surface area contributed by atoms with E-state index in [0.29, 0.717) is 0 Å². The molecule has 0 heterocycles. The van der Waals surface area contributed by atoms with Gasteiger partial charge >= 0.3 is 6.03 Å². The fourth-order valence-electron chi connectivity index (χ4n) is 4.06. The molecule has 0 spiro atoms. The van der Waals surface area contributed by atoms with Crippen LogP contribution in [0.5, 0.6) is 0 Å². The molecule has 0 saturated carbocycles. The van der Waals surface area contributed by atoms with Gasteiger partial charge in [0.05, 0.1) is 0 Å². The fraction of sp³-hybridized carbons (Fsp3) is 0.107. The number of hydrogen-bond acceptors (Lipinski definition) is 1. The quantitative estimate of drug-likeness (QED) is 0.282. The first-order chi connectivity index (χ1) is 15.9. The number of nitrogens with one attached hydrogen (secondary N) is 2. The largest absolute Gasteiger partial charge is 0.323 e. The lowest BCUT2D eigenvalue weighted by Crippen LogP contribution is -2.25. The SMILES string of the molecule is Cc1cc(C)c(P(c2ccccc2)c2cccc(NC(=O)Nc3ccc(Br)cc3)c2)c(C)c1. The van der Waals surface area contributed by atoms with Gasteiger partial charge in [-0.05, 0) is 92.1 Å². The lowest BCUT2D eigenvalue weighted by atomic mass is 10.1. The number of urea groups is 1. The van der Waals surface area contributed by atoms with Crippen LogP contribution in [0.2, 0.25) is 0 Å². The van der Waals surface area contributed by atoms with Crippen LogP contribution in [-0.2, 0) is 0 Å². The zero-order valence-corrected chi connectivity index (χ0v) is 21.4. The van der Waals surface area contributed by atoms with Crippen molar-refractivity contribution >= 4 is 57.2 Å². The molecule has 2 N–H and O–H groups in total. The lowest BCUT2D eigenvalue weighted by Gasteiger charge is -2.24. The molecule has 0 radical (unpaired) electrons. The highest BCUT2D eigenvalue weighted by Gasteiger charge is 2.21. The van der Waals surface area contributed by atoms with Crippen molar-refractivity contribution in [3.63, 3.8) is 0 Å². The van der Waals surface area contributed by atoms with Crippen LogP contribution in [0.3, 0.4) is 0 Å². The second kappa shape index (κ2) is 10.3. The summed E-state index contributed by atoms with van der Waals surface area (Å²) in [6, 6.07) is 30.6. The van der Waals surface area contributed by atoms with Gasteiger partial charge in [0.25, 0.3) is 0 Å². The fourth-order valence-corrected chi connectivity index (χ4v) is 6.95. The average molecular weight is 517 g/mol. The third-order valence-corrected chi connectivity index (χ3v) is 8.63. The molecule has 0 aromatic heterocycles. The van der Waals surface area contributed by atoms with E-state index in [1.807, 2.05) is 36.4 Å². The summed E-state index contributed by atoms with van der Waals surface area (Å²) < 4.78 is 0.970. The van der Waals surface area contributed by atoms with Gasteiger partial charge in [-0.1, -0.05) is 76.1 Å². The molecule has 4 aromatic rings. The maximum atomic E-state index is 12.6. The Bertz CT molecular complexity index is 1250. The summed E-state index contributed by atoms with van der Waals surface area (Å²) in [5.74, 6) is 0. The summed E-state index contributed by atoms with van der Waals surface area (Å²) in [7, 11) is -0.770. The van der Waals surface area contributed by atoms with Crippen LogP contribution in [0.15, 0.2) is 95.5 Å². The molecule has 0 bridgehead atoms. The number of carbonyl (C=O) groups is 1. The summed E-state index contributed by atoms with van der Waals surface area (Å²) in [6.45, 7) is 6.53. The van der Waals surface area contributed by atoms with E-state index in [-0.39, 0.29) is 6.03 Å². The van der Waals surface area contributed by atoms with Crippen molar-refractivity contribution < 1.29 is 4.79 Å². The first kappa shape index (κ1) is 23.2. The Labute approximate surface area is 205 Å². The minimum Gasteiger partial charge on any atom is -0.308 e. The van der Waals surface area contributed by atoms with Crippen LogP contribution in [0.1, 0.15) is 16.7 Å². The van der Waals surface area contributed by atoms with Gasteiger partial charge in [0, 0.05) is 15.8 Å². The minimum absolute atomic E-state index is 0.263. The molecule has 1 unspecified atom stereocenters. The standard InChI is InChI=1S/C28H26BrN2OP/c1-19-16-20(2)27(21(3)17-19)33(25-9-5-4-6-10-25)26-11-7-8-24(18-26)31-28(32)30-23-14-12-22(29)13-15-23/h4-18H,1-3H3,(H2,30,31,32). The Balaban J connectivity index is 1.67. The molecular formula is C28H26BrN2OP. The maximum absolute atomic E-state index is 12.6. The molecule has 0 aliphatic carbocycles. The maximum Gasteiger partial charge on any atom is 0.323 e. The average Bonchev–Trinajstić information content (AvgIpc) is 2.78. The summed E-state index contributed by atoms with van der Waals surface area (Å²) in [6.07, 6.45) is 0. The Morgan fingerprint density at radius 2 is 1.30 bits per heavy atom. The Hall–Kier alpha value is -2.94. The normalized spacial score (nSPS) is 11.6. The molecular weight excluding hydrogens is 491 g/mol. The van der Waals surface area contributed by atoms with Gasteiger partial charge in [0.1, 0.15) is 0 Å². The van der Waals surface area contributed by atoms with E-state index in [1.165, 1.54) is 32.6 Å². The van der Waals surface area contributed by atoms with Crippen molar-refractivity contribution in [2.24, 2.45) is 0 Å². The van der Waals surface area contributed by atoms with Crippen LogP contribution in [0.4, 0.5) is 16.2 Å². The smallest absolute Gasteiger partial charge is 0.308 e. The number of halogens is 1. The van der Waals surface area contributed by atoms with Crippen molar-refractivity contribution in [2.45, 2.75) is 20.8 Å². The van der Waals surface area contributed by atoms with E-state index in [4.69, 9.17) is 0 Å². The number of anilines is 2. The van der Waals surface area contributed by atoms with Gasteiger partial charge in [-0.25, -0.2) is 4.79 Å². The van der Waals surface area contributed by atoms with Gasteiger partial charge in [0.15, 0.2) is 0 Å². The van der Waals surface area contributed by atoms with Crippen molar-refractivity contribution in [2.75, 3.05) is 10.6 Å². The lowest BCUT2D eigenvalue weighted by molar-refractivity contribution is 0.262. The highest BCUT2D eigenvalue weighted by Crippen LogP contribution is 2.36. The number of rotatable bonds is 5. The molecule has 0 aliphatic rings. The van der Waals surface area contributed by atoms with E-state index in [2.05, 4.69) is 102 Å². The zero-order chi connectivity index (χ0) is 23.4. The summed E-state index contributed by atoms with van der Waals surface area (Å²) in [5, 5.41) is 9.74. The van der Waals surface area contributed by atoms with Gasteiger partial charge in [-0.3, -0.25) is 0 Å². The van der Waals surface area contributed by atoms with Gasteiger partial charge in [-0.15, -0.1) is 0 Å². The summed E-state index contributed by atoms with van der Waals surface area (Å²) >= 11 is 3.41. The van der Waals surface area contributed by atoms with Crippen LogP contribution in [0.25, 0.3) is 0 Å². The van der Waals surface area contributed by atoms with E-state index in [9.17, 15) is 4.79 Å². The van der Waals surface area contributed by atoms with E-state index >= 15 is 0 Å². The second-order valence-electron chi connectivity index (χ2n) is 8.05. The van der Waals surface area contributed by atoms with E-state index in [0.717, 1.165) is 15.8 Å². The molecule has 166 valence electrons. The number of amides is 2. The molecule has 1 atom stereocenters. The van der Waals surface area contributed by atoms with Crippen molar-refractivity contribution in [1.82, 2.24) is 0 Å². The molecule has 0 aliphatic heterocycles.